The van der Waals surface area contributed by atoms with E-state index in [0.717, 1.165) is 28.6 Å². The fourth-order valence-electron chi connectivity index (χ4n) is 2.71. The summed E-state index contributed by atoms with van der Waals surface area (Å²) in [5.41, 5.74) is 2.83. The molecule has 0 fully saturated rings. The van der Waals surface area contributed by atoms with E-state index in [1.54, 1.807) is 4.90 Å². The number of ether oxygens (including phenoxy) is 1. The quantitative estimate of drug-likeness (QED) is 0.842. The molecule has 23 heavy (non-hydrogen) atoms. The summed E-state index contributed by atoms with van der Waals surface area (Å²) in [6, 6.07) is 6.21. The molecule has 5 heteroatoms. The summed E-state index contributed by atoms with van der Waals surface area (Å²) in [7, 11) is 0. The van der Waals surface area contributed by atoms with Gasteiger partial charge in [0.15, 0.2) is 0 Å². The van der Waals surface area contributed by atoms with Crippen LogP contribution < -0.4 is 10.2 Å². The average Bonchev–Trinajstić information content (AvgIpc) is 2.44. The van der Waals surface area contributed by atoms with Crippen LogP contribution in [-0.2, 0) is 17.7 Å². The Hall–Kier alpha value is -1.33. The maximum atomic E-state index is 12.6. The molecule has 0 aliphatic carbocycles. The highest BCUT2D eigenvalue weighted by Crippen LogP contribution is 2.32. The van der Waals surface area contributed by atoms with E-state index >= 15 is 0 Å². The molecule has 2 rings (SSSR count). The number of halogens is 1. The number of anilines is 1. The number of amides is 1. The third-order valence-corrected chi connectivity index (χ3v) is 3.83. The minimum atomic E-state index is -0.490. The number of carbonyl (C=O) groups is 1. The third kappa shape index (κ3) is 5.08. The summed E-state index contributed by atoms with van der Waals surface area (Å²) in [5, 5.41) is 3.33. The summed E-state index contributed by atoms with van der Waals surface area (Å²) in [6.45, 7) is 11.6. The highest BCUT2D eigenvalue weighted by Gasteiger charge is 2.28. The van der Waals surface area contributed by atoms with E-state index in [2.05, 4.69) is 46.0 Å². The zero-order valence-corrected chi connectivity index (χ0v) is 15.7. The zero-order valence-electron chi connectivity index (χ0n) is 14.1. The van der Waals surface area contributed by atoms with Gasteiger partial charge in [-0.05, 0) is 44.7 Å². The third-order valence-electron chi connectivity index (χ3n) is 3.55. The fraction of sp³-hybridized carbons (Fsp3) is 0.500. The van der Waals surface area contributed by atoms with Crippen molar-refractivity contribution in [3.05, 3.63) is 40.4 Å². The first-order chi connectivity index (χ1) is 10.8. The Morgan fingerprint density at radius 1 is 1.43 bits per heavy atom. The van der Waals surface area contributed by atoms with Gasteiger partial charge in [0, 0.05) is 24.1 Å². The van der Waals surface area contributed by atoms with Gasteiger partial charge in [0.1, 0.15) is 5.60 Å². The van der Waals surface area contributed by atoms with E-state index in [1.165, 1.54) is 5.56 Å². The summed E-state index contributed by atoms with van der Waals surface area (Å²) >= 11 is 3.35. The van der Waals surface area contributed by atoms with Crippen LogP contribution in [0.25, 0.3) is 0 Å². The Kier molecular flexibility index (Phi) is 5.87. The lowest BCUT2D eigenvalue weighted by molar-refractivity contribution is 0.0577. The minimum Gasteiger partial charge on any atom is -0.443 e. The monoisotopic (exact) mass is 380 g/mol. The highest BCUT2D eigenvalue weighted by atomic mass is 79.9. The number of nitrogens with one attached hydrogen (secondary N) is 1. The first-order valence-electron chi connectivity index (χ1n) is 7.93. The summed E-state index contributed by atoms with van der Waals surface area (Å²) in [5.74, 6) is 0. The lowest BCUT2D eigenvalue weighted by Crippen LogP contribution is -2.40. The van der Waals surface area contributed by atoms with Gasteiger partial charge in [-0.25, -0.2) is 4.79 Å². The molecule has 1 aliphatic rings. The van der Waals surface area contributed by atoms with Gasteiger partial charge in [0.05, 0.1) is 5.69 Å². The van der Waals surface area contributed by atoms with Crippen molar-refractivity contribution in [2.75, 3.05) is 18.0 Å². The fourth-order valence-corrected chi connectivity index (χ4v) is 2.91. The van der Waals surface area contributed by atoms with Gasteiger partial charge < -0.3 is 10.1 Å². The molecule has 1 aromatic carbocycles. The van der Waals surface area contributed by atoms with Crippen molar-refractivity contribution >= 4 is 27.7 Å². The molecule has 126 valence electrons. The largest absolute Gasteiger partial charge is 0.443 e. The normalized spacial score (nSPS) is 14.3. The van der Waals surface area contributed by atoms with Crippen LogP contribution >= 0.6 is 15.9 Å². The van der Waals surface area contributed by atoms with E-state index < -0.39 is 5.60 Å². The molecule has 0 bridgehead atoms. The molecule has 0 atom stereocenters. The molecule has 1 heterocycles. The number of nitrogens with zero attached hydrogens (tertiary/aromatic N) is 1. The smallest absolute Gasteiger partial charge is 0.414 e. The molecule has 4 nitrogen and oxygen atoms in total. The number of hydrogen-bond donors (Lipinski definition) is 1. The topological polar surface area (TPSA) is 41.6 Å². The van der Waals surface area contributed by atoms with Gasteiger partial charge in [-0.15, -0.1) is 0 Å². The Morgan fingerprint density at radius 2 is 2.17 bits per heavy atom. The van der Waals surface area contributed by atoms with E-state index in [1.807, 2.05) is 20.8 Å². The molecule has 0 saturated carbocycles. The number of benzene rings is 1. The van der Waals surface area contributed by atoms with Crippen LogP contribution in [0.1, 0.15) is 38.3 Å². The Labute approximate surface area is 147 Å². The van der Waals surface area contributed by atoms with E-state index in [-0.39, 0.29) is 6.09 Å². The number of rotatable bonds is 4. The molecule has 0 saturated heterocycles. The van der Waals surface area contributed by atoms with Crippen LogP contribution in [0.2, 0.25) is 0 Å². The van der Waals surface area contributed by atoms with Crippen LogP contribution in [0.5, 0.6) is 0 Å². The first-order valence-corrected chi connectivity index (χ1v) is 8.72. The van der Waals surface area contributed by atoms with Crippen molar-refractivity contribution in [2.24, 2.45) is 0 Å². The number of para-hydroxylation sites is 1. The van der Waals surface area contributed by atoms with Crippen molar-refractivity contribution in [3.8, 4) is 0 Å². The first kappa shape index (κ1) is 18.0. The minimum absolute atomic E-state index is 0.268. The van der Waals surface area contributed by atoms with Crippen molar-refractivity contribution < 1.29 is 9.53 Å². The van der Waals surface area contributed by atoms with Gasteiger partial charge in [-0.1, -0.05) is 40.7 Å². The van der Waals surface area contributed by atoms with E-state index in [4.69, 9.17) is 4.74 Å². The van der Waals surface area contributed by atoms with Gasteiger partial charge in [0.25, 0.3) is 0 Å². The van der Waals surface area contributed by atoms with Crippen molar-refractivity contribution in [1.29, 1.82) is 0 Å². The second-order valence-corrected chi connectivity index (χ2v) is 7.90. The summed E-state index contributed by atoms with van der Waals surface area (Å²) in [4.78, 5) is 14.4. The van der Waals surface area contributed by atoms with E-state index in [0.29, 0.717) is 19.6 Å². The van der Waals surface area contributed by atoms with Crippen LogP contribution in [0.3, 0.4) is 0 Å². The molecule has 0 unspecified atom stereocenters. The molecule has 0 aromatic heterocycles. The maximum Gasteiger partial charge on any atom is 0.414 e. The molecule has 1 amide bonds. The van der Waals surface area contributed by atoms with E-state index in [9.17, 15) is 4.79 Å². The Balaban J connectivity index is 2.24. The molecule has 0 spiro atoms. The second kappa shape index (κ2) is 7.49. The summed E-state index contributed by atoms with van der Waals surface area (Å²) in [6.07, 6.45) is 1.69. The molecular weight excluding hydrogens is 356 g/mol. The number of carbonyl (C=O) groups excluding carboxylic acids is 1. The predicted molar refractivity (Wildman–Crippen MR) is 98.1 cm³/mol. The van der Waals surface area contributed by atoms with Crippen LogP contribution in [-0.4, -0.2) is 24.8 Å². The lowest BCUT2D eigenvalue weighted by Gasteiger charge is -2.33. The SMILES string of the molecule is C=C(Br)CNCc1cccc2c1N(C(=O)OC(C)(C)C)CCC2. The Morgan fingerprint density at radius 3 is 2.83 bits per heavy atom. The second-order valence-electron chi connectivity index (χ2n) is 6.78. The van der Waals surface area contributed by atoms with Crippen LogP contribution in [0.15, 0.2) is 29.3 Å². The molecule has 1 aromatic rings. The molecular formula is C18H25BrN2O2. The van der Waals surface area contributed by atoms with Gasteiger partial charge in [0.2, 0.25) is 0 Å². The zero-order chi connectivity index (χ0) is 17.0. The predicted octanol–water partition coefficient (Wildman–Crippen LogP) is 4.37. The standard InChI is InChI=1S/C18H25BrN2O2/c1-13(19)11-20-12-15-8-5-7-14-9-6-10-21(16(14)15)17(22)23-18(2,3)4/h5,7-8,20H,1,6,9-12H2,2-4H3. The summed E-state index contributed by atoms with van der Waals surface area (Å²) < 4.78 is 6.49. The van der Waals surface area contributed by atoms with Crippen molar-refractivity contribution in [2.45, 2.75) is 45.8 Å². The molecule has 1 aliphatic heterocycles. The van der Waals surface area contributed by atoms with Crippen molar-refractivity contribution in [3.63, 3.8) is 0 Å². The molecule has 0 radical (unpaired) electrons. The lowest BCUT2D eigenvalue weighted by atomic mass is 9.98. The maximum absolute atomic E-state index is 12.6. The Bertz CT molecular complexity index is 593. The van der Waals surface area contributed by atoms with Gasteiger partial charge in [-0.2, -0.15) is 0 Å². The highest BCUT2D eigenvalue weighted by molar-refractivity contribution is 9.11. The molecule has 1 N–H and O–H groups in total. The van der Waals surface area contributed by atoms with Crippen LogP contribution in [0.4, 0.5) is 10.5 Å². The van der Waals surface area contributed by atoms with Gasteiger partial charge >= 0.3 is 6.09 Å². The van der Waals surface area contributed by atoms with Crippen molar-refractivity contribution in [1.82, 2.24) is 5.32 Å². The number of aryl methyl sites for hydroxylation is 1. The average molecular weight is 381 g/mol. The van der Waals surface area contributed by atoms with Gasteiger partial charge in [-0.3, -0.25) is 4.90 Å². The van der Waals surface area contributed by atoms with Crippen LogP contribution in [0, 0.1) is 0 Å². The number of fused-ring (bicyclic) bond motifs is 1. The number of hydrogen-bond acceptors (Lipinski definition) is 3.